The van der Waals surface area contributed by atoms with E-state index in [0.29, 0.717) is 12.8 Å². The van der Waals surface area contributed by atoms with Crippen LogP contribution in [0, 0.1) is 5.82 Å². The second-order valence-electron chi connectivity index (χ2n) is 2.96. The summed E-state index contributed by atoms with van der Waals surface area (Å²) < 4.78 is 13.0. The number of benzene rings is 1. The van der Waals surface area contributed by atoms with Crippen molar-refractivity contribution in [1.29, 1.82) is 0 Å². The zero-order valence-corrected chi connectivity index (χ0v) is 7.88. The van der Waals surface area contributed by atoms with Gasteiger partial charge in [0.15, 0.2) is 0 Å². The van der Waals surface area contributed by atoms with E-state index in [9.17, 15) is 9.18 Å². The zero-order chi connectivity index (χ0) is 10.6. The maximum Gasteiger partial charge on any atom is 0.224 e. The average molecular weight is 197 g/mol. The summed E-state index contributed by atoms with van der Waals surface area (Å²) in [6, 6.07) is 3.52. The fourth-order valence-corrected chi connectivity index (χ4v) is 1.05. The van der Waals surface area contributed by atoms with Crippen molar-refractivity contribution in [3.05, 3.63) is 24.0 Å². The normalized spacial score (nSPS) is 9.86. The van der Waals surface area contributed by atoms with E-state index in [0.717, 1.165) is 6.07 Å². The van der Waals surface area contributed by atoms with Crippen molar-refractivity contribution in [2.24, 2.45) is 0 Å². The van der Waals surface area contributed by atoms with Gasteiger partial charge in [-0.15, -0.1) is 0 Å². The van der Waals surface area contributed by atoms with Crippen LogP contribution in [0.2, 0.25) is 0 Å². The van der Waals surface area contributed by atoms with Crippen LogP contribution in [0.25, 0.3) is 0 Å². The molecule has 0 saturated heterocycles. The predicted molar refractivity (Wildman–Crippen MR) is 51.6 cm³/mol. The quantitative estimate of drug-likeness (QED) is 0.780. The Kier molecular flexibility index (Phi) is 3.45. The van der Waals surface area contributed by atoms with Crippen molar-refractivity contribution in [1.82, 2.24) is 0 Å². The predicted octanol–water partition coefficient (Wildman–Crippen LogP) is 2.27. The van der Waals surface area contributed by atoms with Gasteiger partial charge in [0, 0.05) is 12.5 Å². The van der Waals surface area contributed by atoms with Crippen LogP contribution in [0.15, 0.2) is 18.2 Å². The average Bonchev–Trinajstić information content (AvgIpc) is 2.12. The van der Waals surface area contributed by atoms with E-state index in [1.54, 1.807) is 0 Å². The molecule has 76 valence electrons. The lowest BCUT2D eigenvalue weighted by Gasteiger charge is -2.05. The first-order valence-corrected chi connectivity index (χ1v) is 4.42. The molecular formula is C10H12FNO2. The molecule has 0 fully saturated rings. The van der Waals surface area contributed by atoms with Crippen LogP contribution < -0.4 is 5.32 Å². The van der Waals surface area contributed by atoms with E-state index < -0.39 is 5.82 Å². The lowest BCUT2D eigenvalue weighted by Crippen LogP contribution is -2.11. The van der Waals surface area contributed by atoms with E-state index in [2.05, 4.69) is 5.32 Å². The number of amides is 1. The highest BCUT2D eigenvalue weighted by atomic mass is 19.1. The molecule has 0 aliphatic heterocycles. The van der Waals surface area contributed by atoms with E-state index in [1.807, 2.05) is 6.92 Å². The summed E-state index contributed by atoms with van der Waals surface area (Å²) in [6.45, 7) is 1.86. The van der Waals surface area contributed by atoms with Gasteiger partial charge in [-0.3, -0.25) is 4.79 Å². The van der Waals surface area contributed by atoms with Gasteiger partial charge in [-0.2, -0.15) is 0 Å². The first kappa shape index (κ1) is 10.5. The maximum atomic E-state index is 13.0. The molecular weight excluding hydrogens is 185 g/mol. The summed E-state index contributed by atoms with van der Waals surface area (Å²) in [4.78, 5) is 11.1. The topological polar surface area (TPSA) is 49.3 Å². The van der Waals surface area contributed by atoms with Gasteiger partial charge in [-0.05, 0) is 18.6 Å². The van der Waals surface area contributed by atoms with Crippen molar-refractivity contribution in [2.75, 3.05) is 5.32 Å². The van der Waals surface area contributed by atoms with Crippen molar-refractivity contribution in [3.8, 4) is 5.75 Å². The third-order valence-electron chi connectivity index (χ3n) is 1.70. The van der Waals surface area contributed by atoms with Crippen molar-refractivity contribution in [2.45, 2.75) is 19.8 Å². The Morgan fingerprint density at radius 2 is 2.29 bits per heavy atom. The van der Waals surface area contributed by atoms with E-state index >= 15 is 0 Å². The zero-order valence-electron chi connectivity index (χ0n) is 7.88. The summed E-state index contributed by atoms with van der Waals surface area (Å²) in [5.74, 6) is -0.873. The highest BCUT2D eigenvalue weighted by molar-refractivity contribution is 5.90. The summed E-state index contributed by atoms with van der Waals surface area (Å²) in [7, 11) is 0. The van der Waals surface area contributed by atoms with E-state index in [-0.39, 0.29) is 17.3 Å². The summed E-state index contributed by atoms with van der Waals surface area (Å²) in [5, 5.41) is 11.4. The summed E-state index contributed by atoms with van der Waals surface area (Å²) in [5.41, 5.74) is 0.0171. The number of halogens is 1. The first-order valence-electron chi connectivity index (χ1n) is 4.42. The molecule has 0 unspecified atom stereocenters. The molecule has 1 aromatic carbocycles. The van der Waals surface area contributed by atoms with Crippen molar-refractivity contribution < 1.29 is 14.3 Å². The number of hydrogen-bond donors (Lipinski definition) is 2. The minimum atomic E-state index is -0.549. The molecule has 0 radical (unpaired) electrons. The second-order valence-corrected chi connectivity index (χ2v) is 2.96. The van der Waals surface area contributed by atoms with E-state index in [1.165, 1.54) is 12.1 Å². The van der Waals surface area contributed by atoms with Crippen molar-refractivity contribution in [3.63, 3.8) is 0 Å². The minimum Gasteiger partial charge on any atom is -0.508 e. The van der Waals surface area contributed by atoms with Crippen LogP contribution in [0.5, 0.6) is 5.75 Å². The molecule has 0 bridgehead atoms. The van der Waals surface area contributed by atoms with Crippen molar-refractivity contribution >= 4 is 11.6 Å². The maximum absolute atomic E-state index is 13.0. The Bertz CT molecular complexity index is 339. The molecule has 14 heavy (non-hydrogen) atoms. The highest BCUT2D eigenvalue weighted by Gasteiger charge is 2.06. The van der Waals surface area contributed by atoms with Gasteiger partial charge in [0.05, 0.1) is 5.69 Å². The van der Waals surface area contributed by atoms with Crippen LogP contribution in [-0.2, 0) is 4.79 Å². The monoisotopic (exact) mass is 197 g/mol. The molecule has 4 heteroatoms. The van der Waals surface area contributed by atoms with Gasteiger partial charge in [-0.25, -0.2) is 4.39 Å². The molecule has 3 nitrogen and oxygen atoms in total. The Morgan fingerprint density at radius 1 is 1.57 bits per heavy atom. The summed E-state index contributed by atoms with van der Waals surface area (Å²) in [6.07, 6.45) is 1.04. The van der Waals surface area contributed by atoms with Gasteiger partial charge in [0.1, 0.15) is 11.6 Å². The molecule has 0 atom stereocenters. The van der Waals surface area contributed by atoms with Crippen LogP contribution in [-0.4, -0.2) is 11.0 Å². The Balaban J connectivity index is 2.75. The van der Waals surface area contributed by atoms with Gasteiger partial charge in [0.25, 0.3) is 0 Å². The molecule has 0 saturated carbocycles. The number of carbonyl (C=O) groups is 1. The van der Waals surface area contributed by atoms with Gasteiger partial charge in [0.2, 0.25) is 5.91 Å². The van der Waals surface area contributed by atoms with Crippen LogP contribution in [0.1, 0.15) is 19.8 Å². The molecule has 1 rings (SSSR count). The Hall–Kier alpha value is -1.58. The number of carbonyl (C=O) groups excluding carboxylic acids is 1. The third kappa shape index (κ3) is 2.73. The number of hydrogen-bond acceptors (Lipinski definition) is 2. The number of anilines is 1. The molecule has 1 aromatic rings. The van der Waals surface area contributed by atoms with Crippen LogP contribution in [0.3, 0.4) is 0 Å². The molecule has 0 aromatic heterocycles. The molecule has 0 heterocycles. The molecule has 1 amide bonds. The molecule has 0 spiro atoms. The SMILES string of the molecule is CCCC(=O)Nc1cc(O)ccc1F. The second kappa shape index (κ2) is 4.60. The fraction of sp³-hybridized carbons (Fsp3) is 0.300. The highest BCUT2D eigenvalue weighted by Crippen LogP contribution is 2.20. The number of aromatic hydroxyl groups is 1. The van der Waals surface area contributed by atoms with Crippen LogP contribution in [0.4, 0.5) is 10.1 Å². The first-order chi connectivity index (χ1) is 6.63. The van der Waals surface area contributed by atoms with Gasteiger partial charge < -0.3 is 10.4 Å². The van der Waals surface area contributed by atoms with Gasteiger partial charge >= 0.3 is 0 Å². The third-order valence-corrected chi connectivity index (χ3v) is 1.70. The summed E-state index contributed by atoms with van der Waals surface area (Å²) >= 11 is 0. The van der Waals surface area contributed by atoms with Crippen LogP contribution >= 0.6 is 0 Å². The minimum absolute atomic E-state index is 0.0171. The standard InChI is InChI=1S/C10H12FNO2/c1-2-3-10(14)12-9-6-7(13)4-5-8(9)11/h4-6,13H,2-3H2,1H3,(H,12,14). The molecule has 0 aliphatic rings. The number of phenolic OH excluding ortho intramolecular Hbond substituents is 1. The number of nitrogens with one attached hydrogen (secondary N) is 1. The smallest absolute Gasteiger partial charge is 0.224 e. The largest absolute Gasteiger partial charge is 0.508 e. The lowest BCUT2D eigenvalue weighted by atomic mass is 10.2. The Morgan fingerprint density at radius 3 is 2.93 bits per heavy atom. The number of rotatable bonds is 3. The molecule has 2 N–H and O–H groups in total. The number of phenols is 1. The van der Waals surface area contributed by atoms with E-state index in [4.69, 9.17) is 5.11 Å². The van der Waals surface area contributed by atoms with Gasteiger partial charge in [-0.1, -0.05) is 6.92 Å². The molecule has 0 aliphatic carbocycles. The fourth-order valence-electron chi connectivity index (χ4n) is 1.05. The lowest BCUT2D eigenvalue weighted by molar-refractivity contribution is -0.116. The Labute approximate surface area is 81.6 Å².